The summed E-state index contributed by atoms with van der Waals surface area (Å²) in [6.07, 6.45) is 16.3. The van der Waals surface area contributed by atoms with Crippen LogP contribution in [-0.4, -0.2) is 16.3 Å². The number of hydrogen-bond donors (Lipinski definition) is 0. The molecule has 0 amide bonds. The Morgan fingerprint density at radius 1 is 0.780 bits per heavy atom. The van der Waals surface area contributed by atoms with Crippen molar-refractivity contribution in [2.24, 2.45) is 11.3 Å². The van der Waals surface area contributed by atoms with Crippen molar-refractivity contribution < 1.29 is 4.58 Å². The van der Waals surface area contributed by atoms with E-state index >= 15 is 0 Å². The Morgan fingerprint density at radius 3 is 2.12 bits per heavy atom. The molecule has 2 aliphatic heterocycles. The number of aryl methyl sites for hydroxylation is 2. The summed E-state index contributed by atoms with van der Waals surface area (Å²) in [5.74, 6) is 0.454. The predicted octanol–water partition coefficient (Wildman–Crippen LogP) is 8.85. The topological polar surface area (TPSA) is 6.25 Å². The fourth-order valence-electron chi connectivity index (χ4n) is 7.07. The molecule has 0 N–H and O–H groups in total. The van der Waals surface area contributed by atoms with Gasteiger partial charge in [-0.25, -0.2) is 4.58 Å². The van der Waals surface area contributed by atoms with E-state index in [4.69, 9.17) is 0 Å². The summed E-state index contributed by atoms with van der Waals surface area (Å²) in [7, 11) is 0. The van der Waals surface area contributed by atoms with Crippen LogP contribution in [0.1, 0.15) is 55.5 Å². The molecule has 0 radical (unpaired) electrons. The van der Waals surface area contributed by atoms with Gasteiger partial charge in [-0.3, -0.25) is 0 Å². The molecule has 41 heavy (non-hydrogen) atoms. The average molecular weight is 540 g/mol. The normalized spacial score (nSPS) is 23.1. The second kappa shape index (κ2) is 10.5. The van der Waals surface area contributed by atoms with Gasteiger partial charge >= 0.3 is 0 Å². The van der Waals surface area contributed by atoms with Gasteiger partial charge in [-0.2, -0.15) is 0 Å². The number of fused-ring (bicyclic) bond motifs is 2. The zero-order valence-electron chi connectivity index (χ0n) is 25.4. The van der Waals surface area contributed by atoms with Crippen LogP contribution in [0.25, 0.3) is 0 Å². The van der Waals surface area contributed by atoms with E-state index in [1.54, 1.807) is 0 Å². The largest absolute Gasteiger partial charge is 0.340 e. The summed E-state index contributed by atoms with van der Waals surface area (Å²) in [5, 5.41) is 0. The minimum atomic E-state index is -0.0808. The highest BCUT2D eigenvalue weighted by atomic mass is 15.2. The van der Waals surface area contributed by atoms with Crippen LogP contribution in [0.3, 0.4) is 0 Å². The third-order valence-corrected chi connectivity index (χ3v) is 9.51. The van der Waals surface area contributed by atoms with E-state index in [0.717, 1.165) is 13.1 Å². The first kappa shape index (κ1) is 27.3. The van der Waals surface area contributed by atoms with Crippen LogP contribution in [0.4, 0.5) is 5.69 Å². The first-order valence-corrected chi connectivity index (χ1v) is 15.0. The molecule has 0 aromatic heterocycles. The summed E-state index contributed by atoms with van der Waals surface area (Å²) in [6.45, 7) is 15.6. The highest BCUT2D eigenvalue weighted by Gasteiger charge is 2.52. The molecular weight excluding hydrogens is 496 g/mol. The van der Waals surface area contributed by atoms with Crippen molar-refractivity contribution in [3.8, 4) is 0 Å². The number of allylic oxidation sites excluding steroid dienone is 6. The molecule has 2 heterocycles. The molecule has 1 aliphatic carbocycles. The molecule has 2 nitrogen and oxygen atoms in total. The van der Waals surface area contributed by atoms with E-state index in [-0.39, 0.29) is 10.8 Å². The Balaban J connectivity index is 1.40. The molecule has 0 saturated heterocycles. The lowest BCUT2D eigenvalue weighted by Gasteiger charge is -2.27. The Hall–Kier alpha value is -3.91. The summed E-state index contributed by atoms with van der Waals surface area (Å²) < 4.78 is 2.63. The maximum atomic E-state index is 2.63. The van der Waals surface area contributed by atoms with E-state index < -0.39 is 0 Å². The van der Waals surface area contributed by atoms with E-state index in [1.807, 2.05) is 0 Å². The number of para-hydroxylation sites is 1. The molecule has 2 atom stereocenters. The molecule has 208 valence electrons. The van der Waals surface area contributed by atoms with E-state index in [2.05, 4.69) is 166 Å². The quantitative estimate of drug-likeness (QED) is 0.284. The minimum absolute atomic E-state index is 0.0291. The summed E-state index contributed by atoms with van der Waals surface area (Å²) >= 11 is 0. The molecule has 0 spiro atoms. The van der Waals surface area contributed by atoms with Gasteiger partial charge in [-0.05, 0) is 57.0 Å². The maximum absolute atomic E-state index is 2.63. The SMILES string of the molecule is Cc1ccc(CN2C(=CC=CC3=[N+](Cc4ccc(C)cc4)C4C=CC=CC4C3(C)C)C(C)(C)c3ccccc32)cc1. The number of benzene rings is 3. The fraction of sp³-hybridized carbons (Fsp3) is 0.308. The van der Waals surface area contributed by atoms with Crippen LogP contribution in [0.5, 0.6) is 0 Å². The Labute approximate surface area is 246 Å². The number of nitrogens with zero attached hydrogens (tertiary/aromatic N) is 2. The predicted molar refractivity (Wildman–Crippen MR) is 174 cm³/mol. The molecular formula is C39H43N2+. The highest BCUT2D eigenvalue weighted by Crippen LogP contribution is 2.48. The molecule has 6 rings (SSSR count). The van der Waals surface area contributed by atoms with Gasteiger partial charge in [0.2, 0.25) is 0 Å². The zero-order valence-corrected chi connectivity index (χ0v) is 25.4. The fourth-order valence-corrected chi connectivity index (χ4v) is 7.07. The van der Waals surface area contributed by atoms with Gasteiger partial charge < -0.3 is 4.90 Å². The average Bonchev–Trinajstić information content (AvgIpc) is 3.30. The van der Waals surface area contributed by atoms with Crippen LogP contribution in [0.2, 0.25) is 0 Å². The van der Waals surface area contributed by atoms with Gasteiger partial charge in [0, 0.05) is 35.0 Å². The first-order chi connectivity index (χ1) is 19.7. The Kier molecular flexibility index (Phi) is 6.98. The van der Waals surface area contributed by atoms with Gasteiger partial charge in [0.25, 0.3) is 0 Å². The third-order valence-electron chi connectivity index (χ3n) is 9.51. The molecule has 3 aromatic rings. The van der Waals surface area contributed by atoms with Crippen LogP contribution in [-0.2, 0) is 18.5 Å². The summed E-state index contributed by atoms with van der Waals surface area (Å²) in [5.41, 5.74) is 10.7. The molecule has 3 aromatic carbocycles. The van der Waals surface area contributed by atoms with Crippen LogP contribution in [0.15, 0.2) is 121 Å². The standard InChI is InChI=1S/C39H43N2/c1-28-18-22-30(23-19-28)26-40-34-14-9-7-12-32(34)38(3,4)36(40)16-11-17-37-39(5,6)33-13-8-10-15-35(33)41(37)27-31-24-20-29(2)21-25-31/h7-25,32,34H,26-27H2,1-6H3/q+1. The van der Waals surface area contributed by atoms with Gasteiger partial charge in [-0.15, -0.1) is 0 Å². The monoisotopic (exact) mass is 539 g/mol. The molecule has 0 bridgehead atoms. The van der Waals surface area contributed by atoms with E-state index in [1.165, 1.54) is 44.9 Å². The molecule has 0 fully saturated rings. The maximum Gasteiger partial charge on any atom is 0.183 e. The lowest BCUT2D eigenvalue weighted by molar-refractivity contribution is -0.565. The Morgan fingerprint density at radius 2 is 1.41 bits per heavy atom. The third kappa shape index (κ3) is 4.95. The zero-order chi connectivity index (χ0) is 28.8. The lowest BCUT2D eigenvalue weighted by atomic mass is 9.73. The van der Waals surface area contributed by atoms with Crippen molar-refractivity contribution in [3.05, 3.63) is 149 Å². The van der Waals surface area contributed by atoms with Crippen molar-refractivity contribution in [2.45, 2.75) is 66.1 Å². The lowest BCUT2D eigenvalue weighted by Crippen LogP contribution is -2.30. The van der Waals surface area contributed by atoms with Crippen LogP contribution in [0, 0.1) is 25.2 Å². The van der Waals surface area contributed by atoms with Crippen molar-refractivity contribution in [1.29, 1.82) is 0 Å². The van der Waals surface area contributed by atoms with Crippen LogP contribution < -0.4 is 4.90 Å². The van der Waals surface area contributed by atoms with Gasteiger partial charge in [0.1, 0.15) is 0 Å². The smallest absolute Gasteiger partial charge is 0.183 e. The van der Waals surface area contributed by atoms with Gasteiger partial charge in [0.05, 0.1) is 11.3 Å². The van der Waals surface area contributed by atoms with Crippen molar-refractivity contribution >= 4 is 11.4 Å². The number of rotatable bonds is 6. The molecule has 0 saturated carbocycles. The molecule has 2 unspecified atom stereocenters. The highest BCUT2D eigenvalue weighted by molar-refractivity contribution is 5.97. The van der Waals surface area contributed by atoms with Crippen molar-refractivity contribution in [3.63, 3.8) is 0 Å². The summed E-state index contributed by atoms with van der Waals surface area (Å²) in [6, 6.07) is 27.3. The summed E-state index contributed by atoms with van der Waals surface area (Å²) in [4.78, 5) is 2.52. The molecule has 2 heteroatoms. The van der Waals surface area contributed by atoms with Crippen molar-refractivity contribution in [1.82, 2.24) is 0 Å². The Bertz CT molecular complexity index is 1590. The minimum Gasteiger partial charge on any atom is -0.340 e. The van der Waals surface area contributed by atoms with Crippen molar-refractivity contribution in [2.75, 3.05) is 4.90 Å². The molecule has 3 aliphatic rings. The van der Waals surface area contributed by atoms with Crippen LogP contribution >= 0.6 is 0 Å². The van der Waals surface area contributed by atoms with Gasteiger partial charge in [0.15, 0.2) is 18.3 Å². The van der Waals surface area contributed by atoms with E-state index in [9.17, 15) is 0 Å². The number of anilines is 1. The second-order valence-electron chi connectivity index (χ2n) is 13.1. The first-order valence-electron chi connectivity index (χ1n) is 15.0. The number of hydrogen-bond acceptors (Lipinski definition) is 1. The van der Waals surface area contributed by atoms with Gasteiger partial charge in [-0.1, -0.05) is 116 Å². The van der Waals surface area contributed by atoms with E-state index in [0.29, 0.717) is 12.0 Å². The second-order valence-corrected chi connectivity index (χ2v) is 13.1.